The number of carbonyl (C=O) groups is 1. The predicted octanol–water partition coefficient (Wildman–Crippen LogP) is 3.51. The zero-order valence-electron chi connectivity index (χ0n) is 9.25. The van der Waals surface area contributed by atoms with Crippen LogP contribution in [-0.4, -0.2) is 10.9 Å². The van der Waals surface area contributed by atoms with Gasteiger partial charge in [-0.3, -0.25) is 4.79 Å². The third kappa shape index (κ3) is 2.93. The maximum atomic E-state index is 13.4. The molecule has 19 heavy (non-hydrogen) atoms. The molecule has 0 unspecified atom stereocenters. The lowest BCUT2D eigenvalue weighted by Crippen LogP contribution is -2.14. The number of nitrogens with one attached hydrogen (secondary N) is 1. The Morgan fingerprint density at radius 2 is 2.00 bits per heavy atom. The Hall–Kier alpha value is -1.89. The van der Waals surface area contributed by atoms with E-state index in [1.807, 2.05) is 0 Å². The summed E-state index contributed by atoms with van der Waals surface area (Å²) in [5.41, 5.74) is -0.454. The van der Waals surface area contributed by atoms with Crippen LogP contribution in [0.2, 0.25) is 0 Å². The second-order valence-corrected chi connectivity index (χ2v) is 4.30. The van der Waals surface area contributed by atoms with E-state index in [4.69, 9.17) is 0 Å². The first-order chi connectivity index (χ1) is 8.99. The Morgan fingerprint density at radius 1 is 1.26 bits per heavy atom. The van der Waals surface area contributed by atoms with Gasteiger partial charge in [-0.25, -0.2) is 18.2 Å². The lowest BCUT2D eigenvalue weighted by Gasteiger charge is -2.08. The van der Waals surface area contributed by atoms with Gasteiger partial charge in [-0.2, -0.15) is 0 Å². The van der Waals surface area contributed by atoms with E-state index in [0.29, 0.717) is 12.1 Å². The summed E-state index contributed by atoms with van der Waals surface area (Å²) in [7, 11) is 0. The molecule has 0 aliphatic rings. The number of nitrogens with zero attached hydrogens (tertiary/aromatic N) is 1. The Bertz CT molecular complexity index is 649. The molecular formula is C12H6BrF3N2O. The number of carbonyl (C=O) groups excluding carboxylic acids is 1. The van der Waals surface area contributed by atoms with Crippen molar-refractivity contribution in [1.82, 2.24) is 4.98 Å². The zero-order valence-corrected chi connectivity index (χ0v) is 10.8. The highest BCUT2D eigenvalue weighted by Gasteiger charge is 2.16. The highest BCUT2D eigenvalue weighted by molar-refractivity contribution is 9.10. The number of rotatable bonds is 2. The molecule has 0 aliphatic carbocycles. The molecule has 0 spiro atoms. The molecule has 0 saturated carbocycles. The van der Waals surface area contributed by atoms with Crippen LogP contribution in [0, 0.1) is 17.5 Å². The van der Waals surface area contributed by atoms with E-state index in [1.54, 1.807) is 0 Å². The number of hydrogen-bond acceptors (Lipinski definition) is 2. The maximum absolute atomic E-state index is 13.4. The third-order valence-corrected chi connectivity index (χ3v) is 2.88. The van der Waals surface area contributed by atoms with E-state index in [2.05, 4.69) is 26.2 Å². The van der Waals surface area contributed by atoms with Crippen LogP contribution in [0.25, 0.3) is 0 Å². The molecule has 0 fully saturated rings. The molecular weight excluding hydrogens is 325 g/mol. The fourth-order valence-corrected chi connectivity index (χ4v) is 1.82. The van der Waals surface area contributed by atoms with Crippen LogP contribution in [-0.2, 0) is 0 Å². The van der Waals surface area contributed by atoms with E-state index in [1.165, 1.54) is 18.3 Å². The number of aromatic nitrogens is 1. The first kappa shape index (κ1) is 13.5. The van der Waals surface area contributed by atoms with Crippen LogP contribution < -0.4 is 5.32 Å². The molecule has 7 heteroatoms. The van der Waals surface area contributed by atoms with Crippen molar-refractivity contribution in [2.75, 3.05) is 5.32 Å². The lowest BCUT2D eigenvalue weighted by atomic mass is 10.2. The minimum Gasteiger partial charge on any atom is -0.319 e. The number of pyridine rings is 1. The summed E-state index contributed by atoms with van der Waals surface area (Å²) in [6.45, 7) is 0. The topological polar surface area (TPSA) is 42.0 Å². The van der Waals surface area contributed by atoms with E-state index in [9.17, 15) is 18.0 Å². The predicted molar refractivity (Wildman–Crippen MR) is 66.2 cm³/mol. The standard InChI is InChI=1S/C12H6BrF3N2O/c13-11-7(2-1-3-17-11)12(19)18-9-5-6(14)4-8(15)10(9)16/h1-5H,(H,18,19). The van der Waals surface area contributed by atoms with Gasteiger partial charge in [0.05, 0.1) is 11.3 Å². The van der Waals surface area contributed by atoms with Crippen molar-refractivity contribution >= 4 is 27.5 Å². The second kappa shape index (κ2) is 5.40. The summed E-state index contributed by atoms with van der Waals surface area (Å²) < 4.78 is 39.6. The summed E-state index contributed by atoms with van der Waals surface area (Å²) in [5.74, 6) is -4.42. The molecule has 1 aromatic heterocycles. The molecule has 0 saturated heterocycles. The van der Waals surface area contributed by atoms with Crippen molar-refractivity contribution in [3.63, 3.8) is 0 Å². The third-order valence-electron chi connectivity index (χ3n) is 2.24. The van der Waals surface area contributed by atoms with Crippen molar-refractivity contribution in [3.05, 3.63) is 58.1 Å². The van der Waals surface area contributed by atoms with Crippen molar-refractivity contribution in [2.24, 2.45) is 0 Å². The van der Waals surface area contributed by atoms with E-state index in [-0.39, 0.29) is 10.2 Å². The van der Waals surface area contributed by atoms with Gasteiger partial charge in [0.2, 0.25) is 0 Å². The molecule has 1 heterocycles. The van der Waals surface area contributed by atoms with Crippen LogP contribution >= 0.6 is 15.9 Å². The molecule has 3 nitrogen and oxygen atoms in total. The van der Waals surface area contributed by atoms with E-state index >= 15 is 0 Å². The summed E-state index contributed by atoms with van der Waals surface area (Å²) in [5, 5.41) is 2.09. The second-order valence-electron chi connectivity index (χ2n) is 3.55. The number of amides is 1. The van der Waals surface area contributed by atoms with Gasteiger partial charge < -0.3 is 5.32 Å². The molecule has 1 aromatic carbocycles. The van der Waals surface area contributed by atoms with Gasteiger partial charge in [-0.1, -0.05) is 0 Å². The SMILES string of the molecule is O=C(Nc1cc(F)cc(F)c1F)c1cccnc1Br. The molecule has 1 amide bonds. The fraction of sp³-hybridized carbons (Fsp3) is 0. The largest absolute Gasteiger partial charge is 0.319 e. The Morgan fingerprint density at radius 3 is 2.68 bits per heavy atom. The van der Waals surface area contributed by atoms with Crippen LogP contribution in [0.5, 0.6) is 0 Å². The molecule has 0 bridgehead atoms. The molecule has 2 aromatic rings. The Balaban J connectivity index is 2.32. The molecule has 98 valence electrons. The van der Waals surface area contributed by atoms with Gasteiger partial charge in [0, 0.05) is 18.3 Å². The summed E-state index contributed by atoms with van der Waals surface area (Å²) >= 11 is 3.04. The van der Waals surface area contributed by atoms with Gasteiger partial charge in [0.25, 0.3) is 5.91 Å². The molecule has 0 radical (unpaired) electrons. The van der Waals surface area contributed by atoms with Crippen molar-refractivity contribution in [1.29, 1.82) is 0 Å². The molecule has 0 atom stereocenters. The van der Waals surface area contributed by atoms with E-state index < -0.39 is 29.0 Å². The highest BCUT2D eigenvalue weighted by atomic mass is 79.9. The van der Waals surface area contributed by atoms with Crippen LogP contribution in [0.3, 0.4) is 0 Å². The van der Waals surface area contributed by atoms with Gasteiger partial charge in [0.15, 0.2) is 11.6 Å². The summed E-state index contributed by atoms with van der Waals surface area (Å²) in [6.07, 6.45) is 1.45. The van der Waals surface area contributed by atoms with Crippen LogP contribution in [0.15, 0.2) is 35.1 Å². The highest BCUT2D eigenvalue weighted by Crippen LogP contribution is 2.21. The average molecular weight is 331 g/mol. The number of halogens is 4. The molecule has 0 aliphatic heterocycles. The van der Waals surface area contributed by atoms with Gasteiger partial charge in [-0.15, -0.1) is 0 Å². The number of anilines is 1. The number of benzene rings is 1. The van der Waals surface area contributed by atoms with Crippen LogP contribution in [0.1, 0.15) is 10.4 Å². The summed E-state index contributed by atoms with van der Waals surface area (Å²) in [6, 6.07) is 4.02. The van der Waals surface area contributed by atoms with Gasteiger partial charge in [-0.05, 0) is 28.1 Å². The van der Waals surface area contributed by atoms with Crippen molar-refractivity contribution < 1.29 is 18.0 Å². The normalized spacial score (nSPS) is 10.3. The quantitative estimate of drug-likeness (QED) is 0.676. The van der Waals surface area contributed by atoms with Crippen LogP contribution in [0.4, 0.5) is 18.9 Å². The molecule has 1 N–H and O–H groups in total. The first-order valence-electron chi connectivity index (χ1n) is 5.05. The summed E-state index contributed by atoms with van der Waals surface area (Å²) in [4.78, 5) is 15.6. The van der Waals surface area contributed by atoms with Crippen molar-refractivity contribution in [3.8, 4) is 0 Å². The van der Waals surface area contributed by atoms with Crippen molar-refractivity contribution in [2.45, 2.75) is 0 Å². The zero-order chi connectivity index (χ0) is 14.0. The minimum absolute atomic E-state index is 0.117. The number of hydrogen-bond donors (Lipinski definition) is 1. The van der Waals surface area contributed by atoms with E-state index in [0.717, 1.165) is 0 Å². The monoisotopic (exact) mass is 330 g/mol. The maximum Gasteiger partial charge on any atom is 0.258 e. The minimum atomic E-state index is -1.37. The Kier molecular flexibility index (Phi) is 3.84. The average Bonchev–Trinajstić information content (AvgIpc) is 2.35. The fourth-order valence-electron chi connectivity index (χ4n) is 1.39. The molecule has 2 rings (SSSR count). The smallest absolute Gasteiger partial charge is 0.258 e. The van der Waals surface area contributed by atoms with Gasteiger partial charge >= 0.3 is 0 Å². The lowest BCUT2D eigenvalue weighted by molar-refractivity contribution is 0.102. The first-order valence-corrected chi connectivity index (χ1v) is 5.84. The Labute approximate surface area is 114 Å². The van der Waals surface area contributed by atoms with Gasteiger partial charge in [0.1, 0.15) is 10.4 Å².